The van der Waals surface area contributed by atoms with Crippen LogP contribution in [0.4, 0.5) is 5.69 Å². The highest BCUT2D eigenvalue weighted by molar-refractivity contribution is 7.89. The quantitative estimate of drug-likeness (QED) is 0.727. The molecule has 0 spiro atoms. The summed E-state index contributed by atoms with van der Waals surface area (Å²) in [6.45, 7) is 4.49. The van der Waals surface area contributed by atoms with Gasteiger partial charge in [0.2, 0.25) is 15.9 Å². The number of carbonyl (C=O) groups excluding carboxylic acids is 1. The maximum atomic E-state index is 13.1. The molecule has 0 radical (unpaired) electrons. The van der Waals surface area contributed by atoms with E-state index in [1.807, 2.05) is 19.1 Å². The third-order valence-electron chi connectivity index (χ3n) is 6.37. The number of nitriles is 1. The zero-order valence-corrected chi connectivity index (χ0v) is 19.0. The van der Waals surface area contributed by atoms with Gasteiger partial charge < -0.3 is 4.90 Å². The number of piperidine rings is 1. The molecule has 2 aliphatic heterocycles. The molecule has 0 saturated carbocycles. The maximum Gasteiger partial charge on any atom is 0.244 e. The molecule has 4 rings (SSSR count). The van der Waals surface area contributed by atoms with Gasteiger partial charge in [-0.1, -0.05) is 17.7 Å². The highest BCUT2D eigenvalue weighted by atomic mass is 32.2. The van der Waals surface area contributed by atoms with Crippen molar-refractivity contribution >= 4 is 21.6 Å². The van der Waals surface area contributed by atoms with Crippen LogP contribution >= 0.6 is 0 Å². The summed E-state index contributed by atoms with van der Waals surface area (Å²) in [6.07, 6.45) is 2.63. The summed E-state index contributed by atoms with van der Waals surface area (Å²) in [5, 5.41) is 8.97. The number of benzene rings is 2. The Morgan fingerprint density at radius 2 is 1.78 bits per heavy atom. The molecule has 2 aromatic rings. The second-order valence-corrected chi connectivity index (χ2v) is 10.4. The molecule has 1 amide bonds. The van der Waals surface area contributed by atoms with Crippen LogP contribution in [0.5, 0.6) is 0 Å². The lowest BCUT2D eigenvalue weighted by Gasteiger charge is -2.36. The average Bonchev–Trinajstić information content (AvgIpc) is 3.19. The van der Waals surface area contributed by atoms with Crippen LogP contribution < -0.4 is 9.62 Å². The van der Waals surface area contributed by atoms with Crippen LogP contribution in [0.2, 0.25) is 0 Å². The van der Waals surface area contributed by atoms with E-state index < -0.39 is 10.0 Å². The molecule has 0 bridgehead atoms. The second-order valence-electron chi connectivity index (χ2n) is 8.62. The first-order valence-electron chi connectivity index (χ1n) is 11.0. The lowest BCUT2D eigenvalue weighted by atomic mass is 9.96. The summed E-state index contributed by atoms with van der Waals surface area (Å²) in [5.41, 5.74) is 2.41. The lowest BCUT2D eigenvalue weighted by molar-refractivity contribution is -0.122. The van der Waals surface area contributed by atoms with Gasteiger partial charge in [0.25, 0.3) is 0 Å². The van der Waals surface area contributed by atoms with Crippen molar-refractivity contribution in [1.82, 2.24) is 9.62 Å². The molecule has 0 aromatic heterocycles. The molecule has 2 saturated heterocycles. The van der Waals surface area contributed by atoms with Gasteiger partial charge in [-0.05, 0) is 75.0 Å². The van der Waals surface area contributed by atoms with Gasteiger partial charge in [0, 0.05) is 25.3 Å². The van der Waals surface area contributed by atoms with Crippen molar-refractivity contribution in [2.24, 2.45) is 5.92 Å². The number of sulfonamides is 1. The van der Waals surface area contributed by atoms with Gasteiger partial charge in [0.15, 0.2) is 0 Å². The fraction of sp³-hybridized carbons (Fsp3) is 0.417. The molecule has 2 unspecified atom stereocenters. The van der Waals surface area contributed by atoms with Crippen LogP contribution in [0.15, 0.2) is 53.4 Å². The largest absolute Gasteiger partial charge is 0.311 e. The number of nitrogens with one attached hydrogen (secondary N) is 1. The number of nitrogens with zero attached hydrogens (tertiary/aromatic N) is 3. The van der Waals surface area contributed by atoms with E-state index in [1.54, 1.807) is 41.3 Å². The summed E-state index contributed by atoms with van der Waals surface area (Å²) >= 11 is 0. The molecule has 2 aromatic carbocycles. The third kappa shape index (κ3) is 4.85. The first-order chi connectivity index (χ1) is 15.4. The highest BCUT2D eigenvalue weighted by Gasteiger charge is 2.38. The van der Waals surface area contributed by atoms with Gasteiger partial charge in [-0.2, -0.15) is 5.26 Å². The molecule has 1 N–H and O–H groups in total. The van der Waals surface area contributed by atoms with E-state index >= 15 is 0 Å². The minimum Gasteiger partial charge on any atom is -0.311 e. The van der Waals surface area contributed by atoms with Crippen molar-refractivity contribution < 1.29 is 13.2 Å². The Hall–Kier alpha value is -2.73. The first-order valence-corrected chi connectivity index (χ1v) is 12.5. The van der Waals surface area contributed by atoms with Crippen LogP contribution in [0.3, 0.4) is 0 Å². The van der Waals surface area contributed by atoms with E-state index in [1.165, 1.54) is 0 Å². The Bertz CT molecular complexity index is 1110. The Morgan fingerprint density at radius 3 is 2.47 bits per heavy atom. The number of likely N-dealkylation sites (tertiary alicyclic amines) is 1. The summed E-state index contributed by atoms with van der Waals surface area (Å²) in [6, 6.07) is 15.8. The summed E-state index contributed by atoms with van der Waals surface area (Å²) in [4.78, 5) is 17.4. The SMILES string of the molecule is Cc1ccc(S(=O)(=O)NCC2CCCN(C3CCN(c4ccc(C#N)cc4)C3=O)C2)cc1. The van der Waals surface area contributed by atoms with Crippen molar-refractivity contribution in [3.05, 3.63) is 59.7 Å². The van der Waals surface area contributed by atoms with Crippen LogP contribution in [0.25, 0.3) is 0 Å². The molecule has 2 aliphatic rings. The lowest BCUT2D eigenvalue weighted by Crippen LogP contribution is -2.48. The van der Waals surface area contributed by atoms with Crippen molar-refractivity contribution in [2.45, 2.75) is 37.1 Å². The molecule has 8 heteroatoms. The van der Waals surface area contributed by atoms with Gasteiger partial charge in [0.05, 0.1) is 22.6 Å². The second kappa shape index (κ2) is 9.41. The number of anilines is 1. The predicted octanol–water partition coefficient (Wildman–Crippen LogP) is 2.66. The Balaban J connectivity index is 1.36. The summed E-state index contributed by atoms with van der Waals surface area (Å²) < 4.78 is 28.0. The summed E-state index contributed by atoms with van der Waals surface area (Å²) in [7, 11) is -3.54. The van der Waals surface area contributed by atoms with E-state index in [9.17, 15) is 13.2 Å². The number of aryl methyl sites for hydroxylation is 1. The molecule has 7 nitrogen and oxygen atoms in total. The predicted molar refractivity (Wildman–Crippen MR) is 123 cm³/mol. The van der Waals surface area contributed by atoms with Crippen LogP contribution in [-0.2, 0) is 14.8 Å². The Morgan fingerprint density at radius 1 is 1.06 bits per heavy atom. The Kier molecular flexibility index (Phi) is 6.60. The van der Waals surface area contributed by atoms with Gasteiger partial charge >= 0.3 is 0 Å². The molecule has 32 heavy (non-hydrogen) atoms. The number of rotatable bonds is 6. The summed E-state index contributed by atoms with van der Waals surface area (Å²) in [5.74, 6) is 0.247. The zero-order chi connectivity index (χ0) is 22.7. The van der Waals surface area contributed by atoms with Crippen LogP contribution in [0, 0.1) is 24.2 Å². The third-order valence-corrected chi connectivity index (χ3v) is 7.81. The van der Waals surface area contributed by atoms with E-state index in [0.717, 1.165) is 37.1 Å². The number of hydrogen-bond acceptors (Lipinski definition) is 5. The molecule has 168 valence electrons. The topological polar surface area (TPSA) is 93.5 Å². The van der Waals surface area contributed by atoms with Gasteiger partial charge in [0.1, 0.15) is 0 Å². The highest BCUT2D eigenvalue weighted by Crippen LogP contribution is 2.28. The zero-order valence-electron chi connectivity index (χ0n) is 18.2. The molecule has 2 atom stereocenters. The van der Waals surface area contributed by atoms with E-state index in [0.29, 0.717) is 25.2 Å². The number of hydrogen-bond donors (Lipinski definition) is 1. The van der Waals surface area contributed by atoms with E-state index in [4.69, 9.17) is 5.26 Å². The smallest absolute Gasteiger partial charge is 0.244 e. The fourth-order valence-electron chi connectivity index (χ4n) is 4.55. The standard InChI is InChI=1S/C24H28N4O3S/c1-18-4-10-22(11-5-18)32(30,31)26-16-20-3-2-13-27(17-20)23-12-14-28(24(23)29)21-8-6-19(15-25)7-9-21/h4-11,20,23,26H,2-3,12-14,16-17H2,1H3. The minimum absolute atomic E-state index is 0.0793. The van der Waals surface area contributed by atoms with Crippen molar-refractivity contribution in [1.29, 1.82) is 5.26 Å². The Labute approximate surface area is 189 Å². The van der Waals surface area contributed by atoms with Gasteiger partial charge in [-0.15, -0.1) is 0 Å². The van der Waals surface area contributed by atoms with E-state index in [-0.39, 0.29) is 22.8 Å². The molecule has 2 heterocycles. The number of amides is 1. The van der Waals surface area contributed by atoms with Crippen molar-refractivity contribution in [3.63, 3.8) is 0 Å². The monoisotopic (exact) mass is 452 g/mol. The molecule has 2 fully saturated rings. The first kappa shape index (κ1) is 22.5. The van der Waals surface area contributed by atoms with Gasteiger partial charge in [-0.3, -0.25) is 9.69 Å². The van der Waals surface area contributed by atoms with Crippen LogP contribution in [-0.4, -0.2) is 51.4 Å². The molecular formula is C24H28N4O3S. The fourth-order valence-corrected chi connectivity index (χ4v) is 5.67. The normalized spacial score (nSPS) is 22.1. The average molecular weight is 453 g/mol. The van der Waals surface area contributed by atoms with Gasteiger partial charge in [-0.25, -0.2) is 13.1 Å². The van der Waals surface area contributed by atoms with Crippen molar-refractivity contribution in [2.75, 3.05) is 31.1 Å². The molecule has 0 aliphatic carbocycles. The minimum atomic E-state index is -3.54. The molecular weight excluding hydrogens is 424 g/mol. The van der Waals surface area contributed by atoms with Crippen molar-refractivity contribution in [3.8, 4) is 6.07 Å². The van der Waals surface area contributed by atoms with Crippen LogP contribution in [0.1, 0.15) is 30.4 Å². The van der Waals surface area contributed by atoms with E-state index in [2.05, 4.69) is 15.7 Å². The maximum absolute atomic E-state index is 13.1. The number of carbonyl (C=O) groups is 1.